The monoisotopic (exact) mass is 320 g/mol. The molecule has 1 aliphatic carbocycles. The average Bonchev–Trinajstić information content (AvgIpc) is 3.15. The van der Waals surface area contributed by atoms with Crippen LogP contribution in [0, 0.1) is 17.8 Å². The maximum Gasteiger partial charge on any atom is 0.228 e. The van der Waals surface area contributed by atoms with Crippen LogP contribution < -0.4 is 0 Å². The second kappa shape index (κ2) is 7.23. The van der Waals surface area contributed by atoms with Crippen molar-refractivity contribution in [1.82, 2.24) is 9.80 Å². The van der Waals surface area contributed by atoms with Crippen molar-refractivity contribution < 1.29 is 9.59 Å². The molecule has 2 saturated heterocycles. The van der Waals surface area contributed by atoms with Gasteiger partial charge in [-0.15, -0.1) is 0 Å². The first-order chi connectivity index (χ1) is 11.1. The van der Waals surface area contributed by atoms with E-state index in [1.54, 1.807) is 0 Å². The Bertz CT molecular complexity index is 443. The van der Waals surface area contributed by atoms with Crippen molar-refractivity contribution in [2.24, 2.45) is 17.8 Å². The molecule has 0 radical (unpaired) electrons. The number of hydrogen-bond donors (Lipinski definition) is 0. The van der Waals surface area contributed by atoms with Crippen molar-refractivity contribution in [3.05, 3.63) is 0 Å². The summed E-state index contributed by atoms with van der Waals surface area (Å²) in [6.45, 7) is 6.59. The zero-order valence-corrected chi connectivity index (χ0v) is 14.8. The van der Waals surface area contributed by atoms with Gasteiger partial charge in [0.05, 0.1) is 5.92 Å². The smallest absolute Gasteiger partial charge is 0.228 e. The summed E-state index contributed by atoms with van der Waals surface area (Å²) >= 11 is 0. The summed E-state index contributed by atoms with van der Waals surface area (Å²) in [6.07, 6.45) is 9.34. The fraction of sp³-hybridized carbons (Fsp3) is 0.895. The highest BCUT2D eigenvalue weighted by Crippen LogP contribution is 2.35. The molecule has 4 heteroatoms. The standard InChI is InChI=1S/C19H32N2O2/c1-14(2)12-20-13-16(11-18(20)22)19(23)21-10-6-9-17(21)15-7-4-3-5-8-15/h14-17H,3-13H2,1-2H3/t16-,17-/m1/s1. The van der Waals surface area contributed by atoms with E-state index in [1.165, 1.54) is 38.5 Å². The second-order valence-electron chi connectivity index (χ2n) is 8.23. The predicted octanol–water partition coefficient (Wildman–Crippen LogP) is 3.06. The Morgan fingerprint density at radius 3 is 2.57 bits per heavy atom. The van der Waals surface area contributed by atoms with Crippen molar-refractivity contribution >= 4 is 11.8 Å². The summed E-state index contributed by atoms with van der Waals surface area (Å²) in [5, 5.41) is 0. The van der Waals surface area contributed by atoms with Gasteiger partial charge < -0.3 is 9.80 Å². The Balaban J connectivity index is 1.61. The molecule has 23 heavy (non-hydrogen) atoms. The van der Waals surface area contributed by atoms with Crippen LogP contribution in [0.3, 0.4) is 0 Å². The molecule has 4 nitrogen and oxygen atoms in total. The van der Waals surface area contributed by atoms with Gasteiger partial charge in [-0.05, 0) is 37.5 Å². The number of rotatable bonds is 4. The molecule has 2 amide bonds. The van der Waals surface area contributed by atoms with E-state index in [0.29, 0.717) is 30.8 Å². The summed E-state index contributed by atoms with van der Waals surface area (Å²) in [4.78, 5) is 29.3. The fourth-order valence-electron chi connectivity index (χ4n) is 4.86. The van der Waals surface area contributed by atoms with E-state index >= 15 is 0 Å². The lowest BCUT2D eigenvalue weighted by molar-refractivity contribution is -0.137. The lowest BCUT2D eigenvalue weighted by Gasteiger charge is -2.35. The molecule has 0 unspecified atom stereocenters. The Hall–Kier alpha value is -1.06. The molecule has 0 aromatic rings. The van der Waals surface area contributed by atoms with Gasteiger partial charge in [-0.25, -0.2) is 0 Å². The van der Waals surface area contributed by atoms with E-state index in [0.717, 1.165) is 19.5 Å². The molecule has 2 aliphatic heterocycles. The molecule has 130 valence electrons. The molecule has 0 aromatic carbocycles. The van der Waals surface area contributed by atoms with Gasteiger partial charge in [0.25, 0.3) is 0 Å². The number of amides is 2. The van der Waals surface area contributed by atoms with E-state index < -0.39 is 0 Å². The van der Waals surface area contributed by atoms with Gasteiger partial charge in [0.15, 0.2) is 0 Å². The van der Waals surface area contributed by atoms with Gasteiger partial charge in [0.1, 0.15) is 0 Å². The third-order valence-electron chi connectivity index (χ3n) is 5.93. The number of carbonyl (C=O) groups is 2. The van der Waals surface area contributed by atoms with E-state index in [9.17, 15) is 9.59 Å². The van der Waals surface area contributed by atoms with Crippen molar-refractivity contribution in [3.8, 4) is 0 Å². The first-order valence-corrected chi connectivity index (χ1v) is 9.64. The van der Waals surface area contributed by atoms with Crippen LogP contribution in [0.1, 0.15) is 65.2 Å². The largest absolute Gasteiger partial charge is 0.342 e. The molecule has 3 fully saturated rings. The van der Waals surface area contributed by atoms with Crippen molar-refractivity contribution in [2.75, 3.05) is 19.6 Å². The van der Waals surface area contributed by atoms with Crippen LogP contribution in [-0.4, -0.2) is 47.3 Å². The SMILES string of the molecule is CC(C)CN1C[C@H](C(=O)N2CCC[C@@H]2C2CCCCC2)CC1=O. The highest BCUT2D eigenvalue weighted by Gasteiger charge is 2.41. The molecule has 0 spiro atoms. The first-order valence-electron chi connectivity index (χ1n) is 9.64. The number of hydrogen-bond acceptors (Lipinski definition) is 2. The Morgan fingerprint density at radius 2 is 1.87 bits per heavy atom. The van der Waals surface area contributed by atoms with E-state index in [4.69, 9.17) is 0 Å². The minimum Gasteiger partial charge on any atom is -0.342 e. The van der Waals surface area contributed by atoms with Crippen molar-refractivity contribution in [1.29, 1.82) is 0 Å². The topological polar surface area (TPSA) is 40.6 Å². The summed E-state index contributed by atoms with van der Waals surface area (Å²) in [5.41, 5.74) is 0. The van der Waals surface area contributed by atoms with Crippen LogP contribution in [-0.2, 0) is 9.59 Å². The molecule has 2 atom stereocenters. The number of likely N-dealkylation sites (tertiary alicyclic amines) is 2. The minimum atomic E-state index is -0.0922. The molecule has 0 aromatic heterocycles. The van der Waals surface area contributed by atoms with Crippen LogP contribution >= 0.6 is 0 Å². The fourth-order valence-corrected chi connectivity index (χ4v) is 4.86. The molecular formula is C19H32N2O2. The van der Waals surface area contributed by atoms with E-state index in [1.807, 2.05) is 4.90 Å². The van der Waals surface area contributed by atoms with Gasteiger partial charge in [-0.3, -0.25) is 9.59 Å². The van der Waals surface area contributed by atoms with Crippen molar-refractivity contribution in [3.63, 3.8) is 0 Å². The Morgan fingerprint density at radius 1 is 1.13 bits per heavy atom. The van der Waals surface area contributed by atoms with Gasteiger partial charge >= 0.3 is 0 Å². The van der Waals surface area contributed by atoms with Gasteiger partial charge in [-0.2, -0.15) is 0 Å². The zero-order valence-electron chi connectivity index (χ0n) is 14.8. The normalized spacial score (nSPS) is 29.8. The highest BCUT2D eigenvalue weighted by molar-refractivity contribution is 5.89. The quantitative estimate of drug-likeness (QED) is 0.799. The molecule has 0 N–H and O–H groups in total. The third-order valence-corrected chi connectivity index (χ3v) is 5.93. The predicted molar refractivity (Wildman–Crippen MR) is 90.8 cm³/mol. The lowest BCUT2D eigenvalue weighted by Crippen LogP contribution is -2.44. The van der Waals surface area contributed by atoms with Crippen LogP contribution in [0.5, 0.6) is 0 Å². The lowest BCUT2D eigenvalue weighted by atomic mass is 9.82. The summed E-state index contributed by atoms with van der Waals surface area (Å²) in [6, 6.07) is 0.456. The third kappa shape index (κ3) is 3.72. The average molecular weight is 320 g/mol. The van der Waals surface area contributed by atoms with Crippen LogP contribution in [0.25, 0.3) is 0 Å². The van der Waals surface area contributed by atoms with Gasteiger partial charge in [0.2, 0.25) is 11.8 Å². The van der Waals surface area contributed by atoms with E-state index in [-0.39, 0.29) is 17.7 Å². The van der Waals surface area contributed by atoms with Gasteiger partial charge in [0, 0.05) is 32.1 Å². The summed E-state index contributed by atoms with van der Waals surface area (Å²) in [7, 11) is 0. The maximum atomic E-state index is 13.0. The van der Waals surface area contributed by atoms with E-state index in [2.05, 4.69) is 18.7 Å². The summed E-state index contributed by atoms with van der Waals surface area (Å²) in [5.74, 6) is 1.52. The minimum absolute atomic E-state index is 0.0922. The van der Waals surface area contributed by atoms with Crippen LogP contribution in [0.4, 0.5) is 0 Å². The van der Waals surface area contributed by atoms with Gasteiger partial charge in [-0.1, -0.05) is 33.1 Å². The molecule has 3 rings (SSSR count). The van der Waals surface area contributed by atoms with Crippen LogP contribution in [0.2, 0.25) is 0 Å². The highest BCUT2D eigenvalue weighted by atomic mass is 16.2. The summed E-state index contributed by atoms with van der Waals surface area (Å²) < 4.78 is 0. The number of nitrogens with zero attached hydrogens (tertiary/aromatic N) is 2. The Kier molecular flexibility index (Phi) is 5.27. The second-order valence-corrected chi connectivity index (χ2v) is 8.23. The maximum absolute atomic E-state index is 13.0. The van der Waals surface area contributed by atoms with Crippen LogP contribution in [0.15, 0.2) is 0 Å². The molecule has 1 saturated carbocycles. The molecule has 0 bridgehead atoms. The molecule has 2 heterocycles. The first kappa shape index (κ1) is 16.8. The molecular weight excluding hydrogens is 288 g/mol. The Labute approximate surface area is 140 Å². The molecule has 3 aliphatic rings. The number of carbonyl (C=O) groups excluding carboxylic acids is 2. The zero-order chi connectivity index (χ0) is 16.4. The van der Waals surface area contributed by atoms with Crippen molar-refractivity contribution in [2.45, 2.75) is 71.3 Å².